The Balaban J connectivity index is 1.97. The van der Waals surface area contributed by atoms with Gasteiger partial charge in [-0.1, -0.05) is 6.92 Å². The van der Waals surface area contributed by atoms with E-state index in [1.165, 1.54) is 0 Å². The molecule has 124 valence electrons. The molecular formula is C15H21F3N2O2. The van der Waals surface area contributed by atoms with Crippen molar-refractivity contribution in [2.75, 3.05) is 13.1 Å². The molecule has 1 fully saturated rings. The van der Waals surface area contributed by atoms with Gasteiger partial charge >= 0.3 is 6.18 Å². The van der Waals surface area contributed by atoms with E-state index in [1.54, 1.807) is 0 Å². The molecule has 4 nitrogen and oxygen atoms in total. The largest absolute Gasteiger partial charge is 0.464 e. The first kappa shape index (κ1) is 16.9. The maximum atomic E-state index is 12.5. The van der Waals surface area contributed by atoms with Gasteiger partial charge in [-0.25, -0.2) is 0 Å². The fourth-order valence-corrected chi connectivity index (χ4v) is 2.67. The van der Waals surface area contributed by atoms with E-state index in [4.69, 9.17) is 4.42 Å². The highest BCUT2D eigenvalue weighted by atomic mass is 19.4. The van der Waals surface area contributed by atoms with E-state index in [1.807, 2.05) is 26.0 Å². The molecule has 7 heteroatoms. The van der Waals surface area contributed by atoms with Crippen molar-refractivity contribution in [2.24, 2.45) is 0 Å². The lowest BCUT2D eigenvalue weighted by molar-refractivity contribution is -0.165. The summed E-state index contributed by atoms with van der Waals surface area (Å²) in [5.74, 6) is 1.05. The predicted octanol–water partition coefficient (Wildman–Crippen LogP) is 3.05. The highest BCUT2D eigenvalue weighted by Crippen LogP contribution is 2.23. The first-order chi connectivity index (χ1) is 10.3. The molecule has 1 aliphatic heterocycles. The van der Waals surface area contributed by atoms with E-state index < -0.39 is 24.7 Å². The molecule has 1 aliphatic rings. The second kappa shape index (κ2) is 6.73. The lowest BCUT2D eigenvalue weighted by Gasteiger charge is -2.34. The summed E-state index contributed by atoms with van der Waals surface area (Å²) in [5.41, 5.74) is 0. The van der Waals surface area contributed by atoms with E-state index in [0.29, 0.717) is 18.6 Å². The number of likely N-dealkylation sites (tertiary alicyclic amines) is 1. The normalized spacial score (nSPS) is 21.2. The van der Waals surface area contributed by atoms with E-state index in [0.717, 1.165) is 17.1 Å². The molecule has 0 aliphatic carbocycles. The van der Waals surface area contributed by atoms with Crippen LogP contribution in [-0.4, -0.2) is 36.1 Å². The maximum Gasteiger partial charge on any atom is 0.406 e. The highest BCUT2D eigenvalue weighted by Gasteiger charge is 2.37. The fourth-order valence-electron chi connectivity index (χ4n) is 2.67. The van der Waals surface area contributed by atoms with Gasteiger partial charge in [0, 0.05) is 13.0 Å². The smallest absolute Gasteiger partial charge is 0.406 e. The van der Waals surface area contributed by atoms with E-state index in [-0.39, 0.29) is 12.6 Å². The molecule has 0 spiro atoms. The monoisotopic (exact) mass is 318 g/mol. The molecule has 22 heavy (non-hydrogen) atoms. The number of furan rings is 1. The first-order valence-corrected chi connectivity index (χ1v) is 7.50. The quantitative estimate of drug-likeness (QED) is 0.907. The molecule has 0 aromatic carbocycles. The Morgan fingerprint density at radius 2 is 2.18 bits per heavy atom. The first-order valence-electron chi connectivity index (χ1n) is 7.50. The molecule has 1 N–H and O–H groups in total. The Bertz CT molecular complexity index is 513. The Kier molecular flexibility index (Phi) is 5.16. The lowest BCUT2D eigenvalue weighted by atomic mass is 10.0. The fraction of sp³-hybridized carbons (Fsp3) is 0.667. The van der Waals surface area contributed by atoms with Gasteiger partial charge in [-0.05, 0) is 31.9 Å². The van der Waals surface area contributed by atoms with Crippen molar-refractivity contribution in [3.8, 4) is 0 Å². The van der Waals surface area contributed by atoms with Gasteiger partial charge in [0.05, 0.1) is 12.1 Å². The van der Waals surface area contributed by atoms with Crippen LogP contribution in [0.5, 0.6) is 0 Å². The minimum absolute atomic E-state index is 0.158. The van der Waals surface area contributed by atoms with E-state index in [2.05, 4.69) is 5.32 Å². The van der Waals surface area contributed by atoms with Crippen LogP contribution in [0.25, 0.3) is 0 Å². The van der Waals surface area contributed by atoms with Crippen molar-refractivity contribution in [3.05, 3.63) is 23.7 Å². The molecule has 0 saturated carbocycles. The van der Waals surface area contributed by atoms with Crippen LogP contribution in [0.4, 0.5) is 13.2 Å². The molecule has 1 aromatic heterocycles. The zero-order valence-electron chi connectivity index (χ0n) is 12.7. The van der Waals surface area contributed by atoms with Gasteiger partial charge in [-0.3, -0.25) is 10.1 Å². The number of rotatable bonds is 5. The number of nitrogens with zero attached hydrogens (tertiary/aromatic N) is 1. The van der Waals surface area contributed by atoms with E-state index in [9.17, 15) is 18.0 Å². The second-order valence-electron chi connectivity index (χ2n) is 5.62. The van der Waals surface area contributed by atoms with Crippen LogP contribution in [0.2, 0.25) is 0 Å². The maximum absolute atomic E-state index is 12.5. The van der Waals surface area contributed by atoms with Crippen molar-refractivity contribution >= 4 is 5.91 Å². The van der Waals surface area contributed by atoms with Crippen LogP contribution in [0.15, 0.2) is 16.5 Å². The molecule has 0 unspecified atom stereocenters. The molecule has 2 rings (SSSR count). The van der Waals surface area contributed by atoms with Gasteiger partial charge < -0.3 is 9.32 Å². The number of aryl methyl sites for hydroxylation is 1. The van der Waals surface area contributed by atoms with Crippen molar-refractivity contribution in [2.45, 2.75) is 51.4 Å². The molecule has 0 radical (unpaired) electrons. The molecule has 1 amide bonds. The molecular weight excluding hydrogens is 297 g/mol. The number of alkyl halides is 3. The van der Waals surface area contributed by atoms with Gasteiger partial charge in [0.2, 0.25) is 5.91 Å². The van der Waals surface area contributed by atoms with Crippen LogP contribution in [0, 0.1) is 0 Å². The molecule has 1 saturated heterocycles. The number of carbonyl (C=O) groups is 1. The van der Waals surface area contributed by atoms with Crippen LogP contribution in [0.1, 0.15) is 44.3 Å². The summed E-state index contributed by atoms with van der Waals surface area (Å²) in [6.45, 7) is 2.79. The van der Waals surface area contributed by atoms with Gasteiger partial charge in [-0.15, -0.1) is 0 Å². The summed E-state index contributed by atoms with van der Waals surface area (Å²) in [5, 5.41) is 3.09. The third-order valence-corrected chi connectivity index (χ3v) is 3.81. The number of piperidine rings is 1. The second-order valence-corrected chi connectivity index (χ2v) is 5.62. The van der Waals surface area contributed by atoms with Crippen LogP contribution in [-0.2, 0) is 11.2 Å². The highest BCUT2D eigenvalue weighted by molar-refractivity contribution is 5.82. The summed E-state index contributed by atoms with van der Waals surface area (Å²) in [6.07, 6.45) is -2.49. The average molecular weight is 318 g/mol. The molecule has 2 heterocycles. The SMILES string of the molecule is CCc1ccc([C@H](C)N[C@@H]2CCCN(CC(F)(F)F)C2=O)o1. The van der Waals surface area contributed by atoms with Gasteiger partial charge in [0.1, 0.15) is 18.1 Å². The zero-order chi connectivity index (χ0) is 16.3. The number of hydrogen-bond acceptors (Lipinski definition) is 3. The third kappa shape index (κ3) is 4.25. The molecule has 1 aromatic rings. The van der Waals surface area contributed by atoms with Crippen molar-refractivity contribution in [1.29, 1.82) is 0 Å². The van der Waals surface area contributed by atoms with Gasteiger partial charge in [-0.2, -0.15) is 13.2 Å². The van der Waals surface area contributed by atoms with Crippen molar-refractivity contribution < 1.29 is 22.4 Å². The molecule has 2 atom stereocenters. The number of amides is 1. The predicted molar refractivity (Wildman–Crippen MR) is 75.3 cm³/mol. The summed E-state index contributed by atoms with van der Waals surface area (Å²) >= 11 is 0. The van der Waals surface area contributed by atoms with Crippen LogP contribution >= 0.6 is 0 Å². The number of halogens is 3. The minimum atomic E-state index is -4.36. The lowest BCUT2D eigenvalue weighted by Crippen LogP contribution is -2.53. The summed E-state index contributed by atoms with van der Waals surface area (Å²) < 4.78 is 43.1. The van der Waals surface area contributed by atoms with Crippen molar-refractivity contribution in [3.63, 3.8) is 0 Å². The standard InChI is InChI=1S/C15H21F3N2O2/c1-3-11-6-7-13(22-11)10(2)19-12-5-4-8-20(14(12)21)9-15(16,17)18/h6-7,10,12,19H,3-5,8-9H2,1-2H3/t10-,12+/m0/s1. The minimum Gasteiger partial charge on any atom is -0.464 e. The number of nitrogens with one attached hydrogen (secondary N) is 1. The number of carbonyl (C=O) groups excluding carboxylic acids is 1. The third-order valence-electron chi connectivity index (χ3n) is 3.81. The summed E-state index contributed by atoms with van der Waals surface area (Å²) in [7, 11) is 0. The zero-order valence-corrected chi connectivity index (χ0v) is 12.7. The van der Waals surface area contributed by atoms with Crippen molar-refractivity contribution in [1.82, 2.24) is 10.2 Å². The number of hydrogen-bond donors (Lipinski definition) is 1. The van der Waals surface area contributed by atoms with Gasteiger partial charge in [0.25, 0.3) is 0 Å². The van der Waals surface area contributed by atoms with E-state index >= 15 is 0 Å². The van der Waals surface area contributed by atoms with Gasteiger partial charge in [0.15, 0.2) is 0 Å². The summed E-state index contributed by atoms with van der Waals surface area (Å²) in [4.78, 5) is 13.0. The topological polar surface area (TPSA) is 45.5 Å². The Labute approximate surface area is 127 Å². The Morgan fingerprint density at radius 3 is 2.77 bits per heavy atom. The average Bonchev–Trinajstić information content (AvgIpc) is 2.90. The Morgan fingerprint density at radius 1 is 1.45 bits per heavy atom. The van der Waals surface area contributed by atoms with Crippen LogP contribution < -0.4 is 5.32 Å². The Hall–Kier alpha value is -1.50. The molecule has 0 bridgehead atoms. The van der Waals surface area contributed by atoms with Crippen LogP contribution in [0.3, 0.4) is 0 Å². The summed E-state index contributed by atoms with van der Waals surface area (Å²) in [6, 6.07) is 2.88.